The van der Waals surface area contributed by atoms with Gasteiger partial charge in [-0.2, -0.15) is 13.2 Å². The smallest absolute Gasteiger partial charge is 0.419 e. The first-order chi connectivity index (χ1) is 23.6. The van der Waals surface area contributed by atoms with E-state index in [1.165, 1.54) is 6.07 Å². The van der Waals surface area contributed by atoms with Gasteiger partial charge in [-0.1, -0.05) is 41.0 Å². The topological polar surface area (TPSA) is 52.0 Å². The van der Waals surface area contributed by atoms with Gasteiger partial charge in [-0.3, -0.25) is 0 Å². The molecule has 3 aromatic carbocycles. The van der Waals surface area contributed by atoms with Gasteiger partial charge in [-0.25, -0.2) is 9.37 Å². The van der Waals surface area contributed by atoms with Crippen molar-refractivity contribution in [3.05, 3.63) is 66.0 Å². The van der Waals surface area contributed by atoms with Crippen LogP contribution in [-0.2, 0) is 12.7 Å². The lowest BCUT2D eigenvalue weighted by atomic mass is 10.1. The molecule has 0 aliphatic rings. The van der Waals surface area contributed by atoms with Crippen molar-refractivity contribution in [3.63, 3.8) is 0 Å². The van der Waals surface area contributed by atoms with Crippen LogP contribution in [0.3, 0.4) is 0 Å². The van der Waals surface area contributed by atoms with Gasteiger partial charge in [-0.05, 0) is 87.9 Å². The number of fused-ring (bicyclic) bond motifs is 1. The molecule has 268 valence electrons. The number of imidazole rings is 1. The van der Waals surface area contributed by atoms with Crippen LogP contribution in [0.4, 0.5) is 17.6 Å². The van der Waals surface area contributed by atoms with Gasteiger partial charge >= 0.3 is 6.18 Å². The van der Waals surface area contributed by atoms with E-state index in [0.717, 1.165) is 99.9 Å². The molecule has 0 saturated carbocycles. The number of hydrogen-bond donors (Lipinski definition) is 0. The molecular weight excluding hydrogens is 636 g/mol. The zero-order chi connectivity index (χ0) is 35.4. The van der Waals surface area contributed by atoms with E-state index in [1.54, 1.807) is 12.1 Å². The maximum atomic E-state index is 13.9. The van der Waals surface area contributed by atoms with E-state index in [4.69, 9.17) is 19.2 Å². The number of aryl methyl sites for hydroxylation is 1. The summed E-state index contributed by atoms with van der Waals surface area (Å²) in [5, 5.41) is 0. The van der Waals surface area contributed by atoms with Crippen molar-refractivity contribution in [2.45, 2.75) is 73.0 Å². The lowest BCUT2D eigenvalue weighted by Gasteiger charge is -2.19. The summed E-state index contributed by atoms with van der Waals surface area (Å²) in [5.41, 5.74) is 1.12. The Bertz CT molecular complexity index is 1620. The lowest BCUT2D eigenvalue weighted by molar-refractivity contribution is -0.140. The predicted octanol–water partition coefficient (Wildman–Crippen LogP) is 9.67. The molecule has 0 bridgehead atoms. The van der Waals surface area contributed by atoms with Gasteiger partial charge in [0.25, 0.3) is 0 Å². The van der Waals surface area contributed by atoms with Gasteiger partial charge in [0, 0.05) is 31.8 Å². The number of alkyl halides is 3. The third kappa shape index (κ3) is 10.3. The molecule has 0 radical (unpaired) electrons. The average molecular weight is 687 g/mol. The maximum absolute atomic E-state index is 13.9. The molecule has 0 atom stereocenters. The lowest BCUT2D eigenvalue weighted by Crippen LogP contribution is -2.25. The Kier molecular flexibility index (Phi) is 14.1. The molecule has 0 N–H and O–H groups in total. The molecule has 11 heteroatoms. The second kappa shape index (κ2) is 18.2. The van der Waals surface area contributed by atoms with Crippen LogP contribution in [0.5, 0.6) is 23.0 Å². The highest BCUT2D eigenvalue weighted by Crippen LogP contribution is 2.39. The highest BCUT2D eigenvalue weighted by Gasteiger charge is 2.34. The number of benzene rings is 3. The van der Waals surface area contributed by atoms with Gasteiger partial charge in [0.1, 0.15) is 34.6 Å². The van der Waals surface area contributed by atoms with Crippen LogP contribution in [0.15, 0.2) is 54.6 Å². The maximum Gasteiger partial charge on any atom is 0.419 e. The Balaban J connectivity index is 1.67. The van der Waals surface area contributed by atoms with E-state index in [1.807, 2.05) is 24.3 Å². The standard InChI is InChI=1S/C38H50F4N4O3/c1-6-11-22-46-35-26-28(47-23-12-20-44(7-2)8-3)16-19-34(35)43-37(46)31-17-14-30(27-36(31)48-24-13-21-45(9-4)10-5)49-29-15-18-33(39)32(25-29)38(40,41)42/h14-19,25-27H,6-13,20-24H2,1-5H3. The first-order valence-corrected chi connectivity index (χ1v) is 17.5. The van der Waals surface area contributed by atoms with Gasteiger partial charge in [-0.15, -0.1) is 0 Å². The molecular formula is C38H50F4N4O3. The number of rotatable bonds is 20. The van der Waals surface area contributed by atoms with Crippen molar-refractivity contribution >= 4 is 11.0 Å². The Morgan fingerprint density at radius 3 is 1.96 bits per heavy atom. The summed E-state index contributed by atoms with van der Waals surface area (Å²) in [4.78, 5) is 9.71. The molecule has 49 heavy (non-hydrogen) atoms. The molecule has 1 heterocycles. The monoisotopic (exact) mass is 686 g/mol. The molecule has 0 aliphatic heterocycles. The molecule has 0 unspecified atom stereocenters. The van der Waals surface area contributed by atoms with Crippen molar-refractivity contribution < 1.29 is 31.8 Å². The minimum atomic E-state index is -4.85. The van der Waals surface area contributed by atoms with Gasteiger partial charge in [0.2, 0.25) is 0 Å². The highest BCUT2D eigenvalue weighted by atomic mass is 19.4. The highest BCUT2D eigenvalue weighted by molar-refractivity contribution is 5.83. The summed E-state index contributed by atoms with van der Waals surface area (Å²) < 4.78 is 74.6. The Hall–Kier alpha value is -3.83. The minimum Gasteiger partial charge on any atom is -0.493 e. The van der Waals surface area contributed by atoms with E-state index in [-0.39, 0.29) is 11.5 Å². The van der Waals surface area contributed by atoms with E-state index >= 15 is 0 Å². The number of halogens is 4. The zero-order valence-corrected chi connectivity index (χ0v) is 29.4. The number of unbranched alkanes of at least 4 members (excludes halogenated alkanes) is 1. The number of hydrogen-bond acceptors (Lipinski definition) is 6. The van der Waals surface area contributed by atoms with Gasteiger partial charge in [0.05, 0.1) is 35.4 Å². The second-order valence-corrected chi connectivity index (χ2v) is 11.9. The van der Waals surface area contributed by atoms with Crippen molar-refractivity contribution in [2.24, 2.45) is 0 Å². The third-order valence-corrected chi connectivity index (χ3v) is 8.68. The number of nitrogens with zero attached hydrogens (tertiary/aromatic N) is 4. The first-order valence-electron chi connectivity index (χ1n) is 17.5. The second-order valence-electron chi connectivity index (χ2n) is 11.9. The number of aromatic nitrogens is 2. The molecule has 4 rings (SSSR count). The largest absolute Gasteiger partial charge is 0.493 e. The molecule has 0 saturated heterocycles. The van der Waals surface area contributed by atoms with E-state index in [2.05, 4.69) is 49.0 Å². The number of ether oxygens (including phenoxy) is 3. The fourth-order valence-corrected chi connectivity index (χ4v) is 5.76. The summed E-state index contributed by atoms with van der Waals surface area (Å²) in [6, 6.07) is 13.7. The summed E-state index contributed by atoms with van der Waals surface area (Å²) in [6.07, 6.45) is -1.22. The fourth-order valence-electron chi connectivity index (χ4n) is 5.76. The summed E-state index contributed by atoms with van der Waals surface area (Å²) in [6.45, 7) is 18.2. The zero-order valence-electron chi connectivity index (χ0n) is 29.4. The molecule has 0 amide bonds. The summed E-state index contributed by atoms with van der Waals surface area (Å²) >= 11 is 0. The van der Waals surface area contributed by atoms with Gasteiger partial charge < -0.3 is 28.6 Å². The van der Waals surface area contributed by atoms with Gasteiger partial charge in [0.15, 0.2) is 0 Å². The van der Waals surface area contributed by atoms with Crippen molar-refractivity contribution in [3.8, 4) is 34.4 Å². The Labute approximate surface area is 287 Å². The van der Waals surface area contributed by atoms with Crippen LogP contribution in [0.1, 0.15) is 65.9 Å². The SMILES string of the molecule is CCCCn1c(-c2ccc(Oc3ccc(F)c(C(F)(F)F)c3)cc2OCCCN(CC)CC)nc2ccc(OCCCN(CC)CC)cc21. The summed E-state index contributed by atoms with van der Waals surface area (Å²) in [7, 11) is 0. The van der Waals surface area contributed by atoms with E-state index < -0.39 is 17.6 Å². The Morgan fingerprint density at radius 1 is 0.714 bits per heavy atom. The van der Waals surface area contributed by atoms with Crippen molar-refractivity contribution in [2.75, 3.05) is 52.5 Å². The molecule has 0 aliphatic carbocycles. The fraction of sp³-hybridized carbons (Fsp3) is 0.500. The molecule has 1 aromatic heterocycles. The van der Waals surface area contributed by atoms with Crippen LogP contribution in [0.25, 0.3) is 22.4 Å². The van der Waals surface area contributed by atoms with Crippen LogP contribution in [-0.4, -0.2) is 71.8 Å². The molecule has 0 fully saturated rings. The predicted molar refractivity (Wildman–Crippen MR) is 187 cm³/mol. The van der Waals surface area contributed by atoms with E-state index in [0.29, 0.717) is 30.9 Å². The van der Waals surface area contributed by atoms with Crippen molar-refractivity contribution in [1.29, 1.82) is 0 Å². The van der Waals surface area contributed by atoms with Crippen LogP contribution >= 0.6 is 0 Å². The molecule has 0 spiro atoms. The van der Waals surface area contributed by atoms with Crippen LogP contribution in [0.2, 0.25) is 0 Å². The quantitative estimate of drug-likeness (QED) is 0.0682. The summed E-state index contributed by atoms with van der Waals surface area (Å²) in [5.74, 6) is 0.772. The van der Waals surface area contributed by atoms with Crippen LogP contribution < -0.4 is 14.2 Å². The normalized spacial score (nSPS) is 12.0. The third-order valence-electron chi connectivity index (χ3n) is 8.68. The first kappa shape index (κ1) is 38.0. The average Bonchev–Trinajstić information content (AvgIpc) is 3.45. The van der Waals surface area contributed by atoms with Crippen molar-refractivity contribution in [1.82, 2.24) is 19.4 Å². The Morgan fingerprint density at radius 2 is 1.33 bits per heavy atom. The minimum absolute atomic E-state index is 0.131. The molecule has 4 aromatic rings. The van der Waals surface area contributed by atoms with Crippen LogP contribution in [0, 0.1) is 5.82 Å². The van der Waals surface area contributed by atoms with E-state index in [9.17, 15) is 17.6 Å². The molecule has 7 nitrogen and oxygen atoms in total.